The SMILES string of the molecule is CC/C(Cl)=C\C=C(\O)C(C)Cl. The van der Waals surface area contributed by atoms with Crippen molar-refractivity contribution in [2.75, 3.05) is 0 Å². The summed E-state index contributed by atoms with van der Waals surface area (Å²) in [6.07, 6.45) is 3.93. The number of halogens is 2. The van der Waals surface area contributed by atoms with Crippen molar-refractivity contribution in [1.29, 1.82) is 0 Å². The summed E-state index contributed by atoms with van der Waals surface area (Å²) in [5.74, 6) is 0.137. The Kier molecular flexibility index (Phi) is 5.43. The first-order chi connectivity index (χ1) is 5.07. The summed E-state index contributed by atoms with van der Waals surface area (Å²) >= 11 is 11.2. The van der Waals surface area contributed by atoms with E-state index >= 15 is 0 Å². The lowest BCUT2D eigenvalue weighted by molar-refractivity contribution is 0.397. The van der Waals surface area contributed by atoms with Crippen molar-refractivity contribution in [2.24, 2.45) is 0 Å². The maximum atomic E-state index is 9.10. The van der Waals surface area contributed by atoms with E-state index in [0.29, 0.717) is 5.03 Å². The Bertz CT molecular complexity index is 171. The van der Waals surface area contributed by atoms with E-state index in [9.17, 15) is 0 Å². The van der Waals surface area contributed by atoms with Gasteiger partial charge in [0.05, 0.1) is 5.38 Å². The molecule has 0 bridgehead atoms. The van der Waals surface area contributed by atoms with Gasteiger partial charge in [0.25, 0.3) is 0 Å². The van der Waals surface area contributed by atoms with Gasteiger partial charge in [-0.1, -0.05) is 18.5 Å². The third-order valence-electron chi connectivity index (χ3n) is 1.18. The van der Waals surface area contributed by atoms with Gasteiger partial charge < -0.3 is 5.11 Å². The fourth-order valence-electron chi connectivity index (χ4n) is 0.426. The number of aliphatic hydroxyl groups excluding tert-OH is 1. The van der Waals surface area contributed by atoms with Gasteiger partial charge in [-0.15, -0.1) is 11.6 Å². The Morgan fingerprint density at radius 2 is 2.09 bits per heavy atom. The zero-order valence-corrected chi connectivity index (χ0v) is 8.15. The number of aliphatic hydroxyl groups is 1. The lowest BCUT2D eigenvalue weighted by atomic mass is 10.3. The molecule has 1 N–H and O–H groups in total. The van der Waals surface area contributed by atoms with E-state index in [0.717, 1.165) is 6.42 Å². The van der Waals surface area contributed by atoms with Gasteiger partial charge in [-0.25, -0.2) is 0 Å². The highest BCUT2D eigenvalue weighted by molar-refractivity contribution is 6.29. The Balaban J connectivity index is 4.11. The quantitative estimate of drug-likeness (QED) is 0.414. The largest absolute Gasteiger partial charge is 0.511 e. The topological polar surface area (TPSA) is 20.2 Å². The van der Waals surface area contributed by atoms with E-state index in [-0.39, 0.29) is 11.1 Å². The highest BCUT2D eigenvalue weighted by Crippen LogP contribution is 2.09. The van der Waals surface area contributed by atoms with Crippen LogP contribution in [0.1, 0.15) is 20.3 Å². The lowest BCUT2D eigenvalue weighted by Crippen LogP contribution is -1.94. The molecule has 1 atom stereocenters. The summed E-state index contributed by atoms with van der Waals surface area (Å²) in [5.41, 5.74) is 0. The molecule has 11 heavy (non-hydrogen) atoms. The second kappa shape index (κ2) is 5.50. The van der Waals surface area contributed by atoms with Crippen LogP contribution in [0.4, 0.5) is 0 Å². The van der Waals surface area contributed by atoms with Gasteiger partial charge in [0.1, 0.15) is 5.76 Å². The maximum Gasteiger partial charge on any atom is 0.110 e. The molecule has 0 aromatic carbocycles. The van der Waals surface area contributed by atoms with Crippen molar-refractivity contribution < 1.29 is 5.11 Å². The maximum absolute atomic E-state index is 9.10. The van der Waals surface area contributed by atoms with E-state index in [1.807, 2.05) is 6.92 Å². The van der Waals surface area contributed by atoms with Gasteiger partial charge in [-0.2, -0.15) is 0 Å². The standard InChI is InChI=1S/C8H12Cl2O/c1-3-7(10)4-5-8(11)6(2)9/h4-6,11H,3H2,1-2H3/b7-4+,8-5+. The van der Waals surface area contributed by atoms with E-state index in [1.165, 1.54) is 6.08 Å². The van der Waals surface area contributed by atoms with Crippen LogP contribution in [-0.2, 0) is 0 Å². The smallest absolute Gasteiger partial charge is 0.110 e. The van der Waals surface area contributed by atoms with Crippen LogP contribution in [-0.4, -0.2) is 10.5 Å². The minimum atomic E-state index is -0.354. The van der Waals surface area contributed by atoms with Gasteiger partial charge in [-0.3, -0.25) is 0 Å². The van der Waals surface area contributed by atoms with Crippen LogP contribution in [0.15, 0.2) is 22.9 Å². The monoisotopic (exact) mass is 194 g/mol. The number of alkyl halides is 1. The molecule has 0 heterocycles. The van der Waals surface area contributed by atoms with E-state index in [1.54, 1.807) is 13.0 Å². The minimum absolute atomic E-state index is 0.137. The first-order valence-corrected chi connectivity index (χ1v) is 4.28. The summed E-state index contributed by atoms with van der Waals surface area (Å²) in [7, 11) is 0. The molecule has 64 valence electrons. The fraction of sp³-hybridized carbons (Fsp3) is 0.500. The summed E-state index contributed by atoms with van der Waals surface area (Å²) in [6, 6.07) is 0. The average molecular weight is 195 g/mol. The van der Waals surface area contributed by atoms with Crippen molar-refractivity contribution >= 4 is 23.2 Å². The van der Waals surface area contributed by atoms with E-state index < -0.39 is 0 Å². The molecule has 1 unspecified atom stereocenters. The van der Waals surface area contributed by atoms with Crippen molar-refractivity contribution in [3.8, 4) is 0 Å². The van der Waals surface area contributed by atoms with Gasteiger partial charge in [0.2, 0.25) is 0 Å². The van der Waals surface area contributed by atoms with Crippen LogP contribution in [0.3, 0.4) is 0 Å². The van der Waals surface area contributed by atoms with Crippen LogP contribution in [0.5, 0.6) is 0 Å². The fourth-order valence-corrected chi connectivity index (χ4v) is 0.562. The van der Waals surface area contributed by atoms with Crippen LogP contribution < -0.4 is 0 Å². The van der Waals surface area contributed by atoms with Gasteiger partial charge in [0.15, 0.2) is 0 Å². The molecule has 0 aromatic rings. The van der Waals surface area contributed by atoms with Gasteiger partial charge in [-0.05, 0) is 25.5 Å². The van der Waals surface area contributed by atoms with Gasteiger partial charge in [0, 0.05) is 5.03 Å². The number of hydrogen-bond donors (Lipinski definition) is 1. The van der Waals surface area contributed by atoms with Crippen molar-refractivity contribution in [1.82, 2.24) is 0 Å². The number of rotatable bonds is 3. The molecule has 3 heteroatoms. The van der Waals surface area contributed by atoms with Crippen molar-refractivity contribution in [3.63, 3.8) is 0 Å². The molecule has 0 spiro atoms. The number of allylic oxidation sites excluding steroid dienone is 4. The molecule has 1 nitrogen and oxygen atoms in total. The summed E-state index contributed by atoms with van der Waals surface area (Å²) < 4.78 is 0. The molecule has 0 aromatic heterocycles. The van der Waals surface area contributed by atoms with Crippen molar-refractivity contribution in [2.45, 2.75) is 25.6 Å². The number of hydrogen-bond acceptors (Lipinski definition) is 1. The van der Waals surface area contributed by atoms with Crippen molar-refractivity contribution in [3.05, 3.63) is 22.9 Å². The van der Waals surface area contributed by atoms with Crippen LogP contribution in [0.25, 0.3) is 0 Å². The normalized spacial score (nSPS) is 16.7. The minimum Gasteiger partial charge on any atom is -0.511 e. The Morgan fingerprint density at radius 3 is 2.45 bits per heavy atom. The summed E-state index contributed by atoms with van der Waals surface area (Å²) in [4.78, 5) is 0. The second-order valence-electron chi connectivity index (χ2n) is 2.17. The first-order valence-electron chi connectivity index (χ1n) is 3.47. The van der Waals surface area contributed by atoms with E-state index in [4.69, 9.17) is 28.3 Å². The molecule has 0 radical (unpaired) electrons. The molecule has 0 aliphatic carbocycles. The van der Waals surface area contributed by atoms with E-state index in [2.05, 4.69) is 0 Å². The molecule has 0 saturated heterocycles. The van der Waals surface area contributed by atoms with Crippen LogP contribution >= 0.6 is 23.2 Å². The summed E-state index contributed by atoms with van der Waals surface area (Å²) in [6.45, 7) is 3.63. The first kappa shape index (κ1) is 10.9. The van der Waals surface area contributed by atoms with Crippen LogP contribution in [0, 0.1) is 0 Å². The predicted octanol–water partition coefficient (Wildman–Crippen LogP) is 3.59. The second-order valence-corrected chi connectivity index (χ2v) is 3.31. The Labute approximate surface area is 77.3 Å². The van der Waals surface area contributed by atoms with Crippen LogP contribution in [0.2, 0.25) is 0 Å². The molecule has 0 amide bonds. The molecule has 0 aliphatic heterocycles. The third kappa shape index (κ3) is 5.16. The Hall–Kier alpha value is -0.140. The predicted molar refractivity (Wildman–Crippen MR) is 50.3 cm³/mol. The Morgan fingerprint density at radius 1 is 1.55 bits per heavy atom. The highest BCUT2D eigenvalue weighted by atomic mass is 35.5. The molecule has 0 rings (SSSR count). The zero-order valence-electron chi connectivity index (χ0n) is 6.64. The van der Waals surface area contributed by atoms with Gasteiger partial charge >= 0.3 is 0 Å². The highest BCUT2D eigenvalue weighted by Gasteiger charge is 1.99. The summed E-state index contributed by atoms with van der Waals surface area (Å²) in [5, 5.41) is 9.45. The third-order valence-corrected chi connectivity index (χ3v) is 1.80. The zero-order chi connectivity index (χ0) is 8.85. The molecule has 0 aliphatic rings. The molecular weight excluding hydrogens is 183 g/mol. The molecule has 0 saturated carbocycles. The molecule has 0 fully saturated rings. The molecular formula is C8H12Cl2O. The lowest BCUT2D eigenvalue weighted by Gasteiger charge is -1.98. The average Bonchev–Trinajstić information content (AvgIpc) is 1.99.